The normalized spacial score (nSPS) is 12.2. The van der Waals surface area contributed by atoms with Crippen molar-refractivity contribution < 1.29 is 13.8 Å². The highest BCUT2D eigenvalue weighted by atomic mass is 32.2. The largest absolute Gasteiger partial charge is 0.338 e. The molecule has 170 valence electrons. The Balaban J connectivity index is 2.21. The first-order valence-electron chi connectivity index (χ1n) is 10.6. The number of aryl methyl sites for hydroxylation is 1. The Kier molecular flexibility index (Phi) is 8.38. The predicted octanol–water partition coefficient (Wildman–Crippen LogP) is 3.99. The molecular weight excluding hydrogens is 414 g/mol. The molecule has 0 aliphatic carbocycles. The van der Waals surface area contributed by atoms with E-state index in [0.717, 1.165) is 16.8 Å². The van der Waals surface area contributed by atoms with E-state index >= 15 is 0 Å². The number of nitrogens with one attached hydrogen (secondary N) is 2. The van der Waals surface area contributed by atoms with Gasteiger partial charge in [-0.3, -0.25) is 14.2 Å². The molecule has 1 heterocycles. The van der Waals surface area contributed by atoms with Crippen LogP contribution >= 0.6 is 0 Å². The van der Waals surface area contributed by atoms with E-state index in [1.807, 2.05) is 32.0 Å². The van der Waals surface area contributed by atoms with Crippen LogP contribution in [0.4, 0.5) is 10.5 Å². The van der Waals surface area contributed by atoms with Crippen LogP contribution in [0.5, 0.6) is 0 Å². The first kappa shape index (κ1) is 24.6. The number of carbonyl (C=O) groups is 2. The van der Waals surface area contributed by atoms with E-state index in [4.69, 9.17) is 0 Å². The molecule has 2 N–H and O–H groups in total. The number of anilines is 1. The van der Waals surface area contributed by atoms with Gasteiger partial charge in [0.2, 0.25) is 0 Å². The highest BCUT2D eigenvalue weighted by Gasteiger charge is 2.22. The Morgan fingerprint density at radius 3 is 2.13 bits per heavy atom. The number of hydrogen-bond acceptors (Lipinski definition) is 4. The van der Waals surface area contributed by atoms with Crippen LogP contribution in [0.3, 0.4) is 0 Å². The summed E-state index contributed by atoms with van der Waals surface area (Å²) in [4.78, 5) is 26.9. The maximum Gasteiger partial charge on any atom is 0.331 e. The van der Waals surface area contributed by atoms with Gasteiger partial charge in [0, 0.05) is 31.9 Å². The molecular formula is C22H33N5O3S. The van der Waals surface area contributed by atoms with E-state index in [1.165, 1.54) is 10.7 Å². The number of carbonyl (C=O) groups excluding carboxylic acids is 2. The zero-order valence-corrected chi connectivity index (χ0v) is 20.2. The van der Waals surface area contributed by atoms with Crippen LogP contribution in [-0.4, -0.2) is 43.9 Å². The summed E-state index contributed by atoms with van der Waals surface area (Å²) in [6.07, 6.45) is 0. The third kappa shape index (κ3) is 5.72. The smallest absolute Gasteiger partial charge is 0.331 e. The minimum absolute atomic E-state index is 0.120. The second kappa shape index (κ2) is 10.6. The van der Waals surface area contributed by atoms with Gasteiger partial charge >= 0.3 is 6.03 Å². The summed E-state index contributed by atoms with van der Waals surface area (Å²) >= 11 is 0. The van der Waals surface area contributed by atoms with Crippen molar-refractivity contribution in [3.05, 3.63) is 41.1 Å². The number of aromatic nitrogens is 2. The molecule has 31 heavy (non-hydrogen) atoms. The van der Waals surface area contributed by atoms with Gasteiger partial charge in [0.05, 0.1) is 0 Å². The fraction of sp³-hybridized carbons (Fsp3) is 0.500. The molecule has 9 heteroatoms. The topological polar surface area (TPSA) is 96.3 Å². The number of amides is 3. The van der Waals surface area contributed by atoms with E-state index in [2.05, 4.69) is 42.8 Å². The lowest BCUT2D eigenvalue weighted by molar-refractivity contribution is 0.0762. The molecule has 1 aromatic heterocycles. The molecule has 0 saturated carbocycles. The van der Waals surface area contributed by atoms with Crippen molar-refractivity contribution >= 4 is 28.6 Å². The summed E-state index contributed by atoms with van der Waals surface area (Å²) < 4.78 is 16.5. The van der Waals surface area contributed by atoms with E-state index in [-0.39, 0.29) is 22.8 Å². The summed E-state index contributed by atoms with van der Waals surface area (Å²) in [5, 5.41) is 7.15. The lowest BCUT2D eigenvalue weighted by Crippen LogP contribution is -2.32. The summed E-state index contributed by atoms with van der Waals surface area (Å²) in [7, 11) is -0.293. The zero-order chi connectivity index (χ0) is 23.3. The maximum absolute atomic E-state index is 12.7. The molecule has 0 bridgehead atoms. The molecule has 1 atom stereocenters. The molecule has 0 fully saturated rings. The Labute approximate surface area is 187 Å². The van der Waals surface area contributed by atoms with Gasteiger partial charge in [0.25, 0.3) is 5.91 Å². The van der Waals surface area contributed by atoms with Crippen LogP contribution in [0.25, 0.3) is 0 Å². The Hall–Kier alpha value is -2.68. The zero-order valence-electron chi connectivity index (χ0n) is 19.4. The summed E-state index contributed by atoms with van der Waals surface area (Å²) in [6.45, 7) is 13.1. The molecule has 0 aliphatic heterocycles. The minimum atomic E-state index is -1.91. The monoisotopic (exact) mass is 447 g/mol. The van der Waals surface area contributed by atoms with Gasteiger partial charge < -0.3 is 10.2 Å². The van der Waals surface area contributed by atoms with E-state index in [0.29, 0.717) is 18.8 Å². The molecule has 2 aromatic rings. The number of rotatable bonds is 8. The van der Waals surface area contributed by atoms with Crippen LogP contribution in [0.15, 0.2) is 29.3 Å². The quantitative estimate of drug-likeness (QED) is 0.639. The molecule has 1 unspecified atom stereocenters. The standard InChI is InChI=1S/C22H33N5O3S/c1-8-27(9-2)21(28)18-13-19(24-26(18)7)31(30)25-22(29)23-20-16(14(3)4)11-10-12-17(20)15(5)6/h10-15H,8-9H2,1-7H3,(H2,23,25,29). The predicted molar refractivity (Wildman–Crippen MR) is 124 cm³/mol. The second-order valence-corrected chi connectivity index (χ2v) is 9.07. The van der Waals surface area contributed by atoms with Gasteiger partial charge in [0.1, 0.15) is 5.69 Å². The van der Waals surface area contributed by atoms with Crippen molar-refractivity contribution in [1.29, 1.82) is 0 Å². The maximum atomic E-state index is 12.7. The summed E-state index contributed by atoms with van der Waals surface area (Å²) in [5.41, 5.74) is 3.08. The van der Waals surface area contributed by atoms with Gasteiger partial charge in [0.15, 0.2) is 16.0 Å². The Morgan fingerprint density at radius 2 is 1.65 bits per heavy atom. The molecule has 0 aliphatic rings. The van der Waals surface area contributed by atoms with Crippen molar-refractivity contribution in [2.45, 2.75) is 58.4 Å². The molecule has 1 aromatic carbocycles. The van der Waals surface area contributed by atoms with Crippen LogP contribution in [-0.2, 0) is 18.0 Å². The summed E-state index contributed by atoms with van der Waals surface area (Å²) in [5.74, 6) is 0.230. The van der Waals surface area contributed by atoms with Gasteiger partial charge in [-0.25, -0.2) is 9.00 Å². The minimum Gasteiger partial charge on any atom is -0.338 e. The number of para-hydroxylation sites is 1. The number of nitrogens with zero attached hydrogens (tertiary/aromatic N) is 3. The molecule has 8 nitrogen and oxygen atoms in total. The van der Waals surface area contributed by atoms with E-state index in [9.17, 15) is 13.8 Å². The highest BCUT2D eigenvalue weighted by molar-refractivity contribution is 7.83. The molecule has 0 spiro atoms. The fourth-order valence-corrected chi connectivity index (χ4v) is 4.11. The molecule has 2 rings (SSSR count). The lowest BCUT2D eigenvalue weighted by Gasteiger charge is -2.20. The summed E-state index contributed by atoms with van der Waals surface area (Å²) in [6, 6.07) is 6.81. The van der Waals surface area contributed by atoms with Gasteiger partial charge in [-0.2, -0.15) is 5.10 Å². The van der Waals surface area contributed by atoms with Crippen molar-refractivity contribution in [2.24, 2.45) is 7.05 Å². The van der Waals surface area contributed by atoms with Gasteiger partial charge in [-0.15, -0.1) is 0 Å². The molecule has 0 radical (unpaired) electrons. The van der Waals surface area contributed by atoms with E-state index in [1.54, 1.807) is 11.9 Å². The molecule has 0 saturated heterocycles. The third-order valence-corrected chi connectivity index (χ3v) is 6.06. The van der Waals surface area contributed by atoms with Gasteiger partial charge in [-0.05, 0) is 36.8 Å². The number of benzene rings is 1. The third-order valence-electron chi connectivity index (χ3n) is 5.11. The highest BCUT2D eigenvalue weighted by Crippen LogP contribution is 2.32. The van der Waals surface area contributed by atoms with Crippen molar-refractivity contribution in [3.8, 4) is 0 Å². The van der Waals surface area contributed by atoms with Crippen LogP contribution in [0.1, 0.15) is 75.0 Å². The van der Waals surface area contributed by atoms with Crippen molar-refractivity contribution in [2.75, 3.05) is 18.4 Å². The average Bonchev–Trinajstić information content (AvgIpc) is 3.10. The number of urea groups is 1. The number of hydrogen-bond donors (Lipinski definition) is 2. The second-order valence-electron chi connectivity index (χ2n) is 7.91. The van der Waals surface area contributed by atoms with Gasteiger partial charge in [-0.1, -0.05) is 45.9 Å². The Morgan fingerprint density at radius 1 is 1.10 bits per heavy atom. The molecule has 3 amide bonds. The SMILES string of the molecule is CCN(CC)C(=O)c1cc(S(=O)NC(=O)Nc2c(C(C)C)cccc2C(C)C)nn1C. The van der Waals surface area contributed by atoms with E-state index < -0.39 is 17.0 Å². The lowest BCUT2D eigenvalue weighted by atomic mass is 9.93. The van der Waals surface area contributed by atoms with Crippen molar-refractivity contribution in [1.82, 2.24) is 19.4 Å². The van der Waals surface area contributed by atoms with Crippen LogP contribution < -0.4 is 10.0 Å². The Bertz CT molecular complexity index is 938. The van der Waals surface area contributed by atoms with Crippen LogP contribution in [0.2, 0.25) is 0 Å². The fourth-order valence-electron chi connectivity index (χ4n) is 3.38. The first-order valence-corrected chi connectivity index (χ1v) is 11.7. The van der Waals surface area contributed by atoms with Crippen LogP contribution in [0, 0.1) is 0 Å². The van der Waals surface area contributed by atoms with Crippen molar-refractivity contribution in [3.63, 3.8) is 0 Å². The first-order chi connectivity index (χ1) is 14.6. The average molecular weight is 448 g/mol.